The third kappa shape index (κ3) is 3.41. The van der Waals surface area contributed by atoms with E-state index >= 15 is 0 Å². The van der Waals surface area contributed by atoms with Crippen LogP contribution in [0.4, 0.5) is 0 Å². The third-order valence-electron chi connectivity index (χ3n) is 3.81. The fourth-order valence-electron chi connectivity index (χ4n) is 2.45. The van der Waals surface area contributed by atoms with Crippen LogP contribution >= 0.6 is 0 Å². The number of oxazole rings is 1. The fraction of sp³-hybridized carbons (Fsp3) is 0.278. The predicted octanol–water partition coefficient (Wildman–Crippen LogP) is 3.34. The maximum atomic E-state index is 10.6. The fourth-order valence-corrected chi connectivity index (χ4v) is 4.72. The molecule has 3 nitrogen and oxygen atoms in total. The third-order valence-corrected chi connectivity index (χ3v) is 5.94. The Hall–Kier alpha value is -1.61. The van der Waals surface area contributed by atoms with Crippen LogP contribution < -0.4 is 4.79 Å². The van der Waals surface area contributed by atoms with Gasteiger partial charge in [0.15, 0.2) is 0 Å². The van der Waals surface area contributed by atoms with Crippen LogP contribution in [0, 0.1) is 5.92 Å². The van der Waals surface area contributed by atoms with Gasteiger partial charge in [-0.3, -0.25) is 0 Å². The van der Waals surface area contributed by atoms with Crippen LogP contribution in [0.5, 0.6) is 0 Å². The molecule has 0 aliphatic carbocycles. The quantitative estimate of drug-likeness (QED) is 0.686. The standard InChI is InChI=1S/C18H19NO2Se/c1-2-13(17(20)14-8-4-3-5-9-14)12-22-18-19-15-10-6-7-11-16(15)21-18/h3-11,13,17,20H,2,12H2,1H3/t13-,17-/m1/s1. The molecule has 1 heterocycles. The molecule has 0 amide bonds. The summed E-state index contributed by atoms with van der Waals surface area (Å²) in [6.07, 6.45) is 0.523. The van der Waals surface area contributed by atoms with Crippen molar-refractivity contribution in [1.82, 2.24) is 4.98 Å². The van der Waals surface area contributed by atoms with Gasteiger partial charge >= 0.3 is 136 Å². The van der Waals surface area contributed by atoms with E-state index < -0.39 is 6.10 Å². The second kappa shape index (κ2) is 7.10. The first-order valence-electron chi connectivity index (χ1n) is 7.49. The van der Waals surface area contributed by atoms with Gasteiger partial charge in [-0.2, -0.15) is 0 Å². The molecule has 0 aliphatic heterocycles. The van der Waals surface area contributed by atoms with E-state index in [1.165, 1.54) is 0 Å². The molecule has 0 unspecified atom stereocenters. The van der Waals surface area contributed by atoms with Gasteiger partial charge in [-0.05, 0) is 0 Å². The predicted molar refractivity (Wildman–Crippen MR) is 89.4 cm³/mol. The number of hydrogen-bond donors (Lipinski definition) is 1. The van der Waals surface area contributed by atoms with Gasteiger partial charge in [0.05, 0.1) is 0 Å². The first-order valence-corrected chi connectivity index (χ1v) is 9.56. The summed E-state index contributed by atoms with van der Waals surface area (Å²) >= 11 is 0.134. The van der Waals surface area contributed by atoms with Gasteiger partial charge in [0, 0.05) is 0 Å². The molecular formula is C18H19NO2Se. The van der Waals surface area contributed by atoms with Crippen molar-refractivity contribution >= 4 is 30.8 Å². The molecule has 0 aliphatic rings. The Balaban J connectivity index is 1.68. The number of aliphatic hydroxyl groups is 1. The van der Waals surface area contributed by atoms with Crippen molar-refractivity contribution in [2.24, 2.45) is 5.92 Å². The molecule has 1 N–H and O–H groups in total. The Morgan fingerprint density at radius 1 is 1.09 bits per heavy atom. The van der Waals surface area contributed by atoms with E-state index in [-0.39, 0.29) is 20.9 Å². The first kappa shape index (κ1) is 15.3. The molecule has 0 saturated heterocycles. The molecule has 0 bridgehead atoms. The minimum absolute atomic E-state index is 0.134. The van der Waals surface area contributed by atoms with Crippen molar-refractivity contribution in [1.29, 1.82) is 0 Å². The van der Waals surface area contributed by atoms with Gasteiger partial charge in [-0.15, -0.1) is 0 Å². The summed E-state index contributed by atoms with van der Waals surface area (Å²) in [5, 5.41) is 11.5. The van der Waals surface area contributed by atoms with Crippen molar-refractivity contribution in [3.05, 3.63) is 60.2 Å². The summed E-state index contributed by atoms with van der Waals surface area (Å²) in [6.45, 7) is 2.12. The van der Waals surface area contributed by atoms with E-state index in [1.54, 1.807) is 0 Å². The number of aromatic nitrogens is 1. The van der Waals surface area contributed by atoms with E-state index in [0.717, 1.165) is 33.2 Å². The molecule has 4 heteroatoms. The van der Waals surface area contributed by atoms with Crippen LogP contribution in [0.25, 0.3) is 11.1 Å². The average Bonchev–Trinajstić information content (AvgIpc) is 2.99. The zero-order valence-electron chi connectivity index (χ0n) is 12.5. The van der Waals surface area contributed by atoms with Crippen LogP contribution in [-0.4, -0.2) is 25.0 Å². The number of benzene rings is 2. The SMILES string of the molecule is CC[C@H](C[Se]c1nc2ccccc2o1)[C@@H](O)c1ccccc1. The topological polar surface area (TPSA) is 46.3 Å². The number of para-hydroxylation sites is 2. The summed E-state index contributed by atoms with van der Waals surface area (Å²) in [5.41, 5.74) is 2.75. The minimum atomic E-state index is -0.419. The number of nitrogens with zero attached hydrogens (tertiary/aromatic N) is 1. The zero-order valence-corrected chi connectivity index (χ0v) is 14.2. The number of hydrogen-bond acceptors (Lipinski definition) is 3. The summed E-state index contributed by atoms with van der Waals surface area (Å²) in [5.74, 6) is 0.234. The summed E-state index contributed by atoms with van der Waals surface area (Å²) in [4.78, 5) is 5.34. The van der Waals surface area contributed by atoms with Gasteiger partial charge in [-0.25, -0.2) is 0 Å². The van der Waals surface area contributed by atoms with Crippen LogP contribution in [0.3, 0.4) is 0 Å². The molecule has 2 atom stereocenters. The molecular weight excluding hydrogens is 341 g/mol. The van der Waals surface area contributed by atoms with Crippen molar-refractivity contribution in [2.45, 2.75) is 24.8 Å². The Bertz CT molecular complexity index is 693. The Morgan fingerprint density at radius 2 is 1.82 bits per heavy atom. The molecule has 0 fully saturated rings. The van der Waals surface area contributed by atoms with Crippen molar-refractivity contribution in [3.8, 4) is 0 Å². The monoisotopic (exact) mass is 361 g/mol. The molecule has 0 saturated carbocycles. The Labute approximate surface area is 136 Å². The zero-order chi connectivity index (χ0) is 15.4. The van der Waals surface area contributed by atoms with Crippen LogP contribution in [0.1, 0.15) is 25.0 Å². The van der Waals surface area contributed by atoms with E-state index in [2.05, 4.69) is 11.9 Å². The van der Waals surface area contributed by atoms with Crippen LogP contribution in [0.15, 0.2) is 59.0 Å². The molecule has 3 rings (SSSR count). The second-order valence-corrected chi connectivity index (χ2v) is 7.32. The van der Waals surface area contributed by atoms with Gasteiger partial charge in [0.25, 0.3) is 0 Å². The molecule has 0 radical (unpaired) electrons. The summed E-state index contributed by atoms with van der Waals surface area (Å²) in [7, 11) is 0. The van der Waals surface area contributed by atoms with Crippen molar-refractivity contribution in [3.63, 3.8) is 0 Å². The van der Waals surface area contributed by atoms with Crippen molar-refractivity contribution in [2.75, 3.05) is 0 Å². The first-order chi connectivity index (χ1) is 10.8. The average molecular weight is 360 g/mol. The van der Waals surface area contributed by atoms with Crippen LogP contribution in [0.2, 0.25) is 5.32 Å². The van der Waals surface area contributed by atoms with Crippen molar-refractivity contribution < 1.29 is 9.52 Å². The van der Waals surface area contributed by atoms with E-state index in [4.69, 9.17) is 4.42 Å². The van der Waals surface area contributed by atoms with Gasteiger partial charge in [0.1, 0.15) is 0 Å². The number of fused-ring (bicyclic) bond motifs is 1. The number of rotatable bonds is 6. The molecule has 3 aromatic rings. The normalized spacial score (nSPS) is 14.1. The van der Waals surface area contributed by atoms with Gasteiger partial charge < -0.3 is 0 Å². The number of aliphatic hydroxyl groups excluding tert-OH is 1. The maximum absolute atomic E-state index is 10.6. The molecule has 2 aromatic carbocycles. The van der Waals surface area contributed by atoms with E-state index in [0.29, 0.717) is 0 Å². The van der Waals surface area contributed by atoms with E-state index in [9.17, 15) is 5.11 Å². The van der Waals surface area contributed by atoms with Crippen LogP contribution in [-0.2, 0) is 0 Å². The second-order valence-electron chi connectivity index (χ2n) is 5.28. The summed E-state index contributed by atoms with van der Waals surface area (Å²) < 4.78 is 5.78. The molecule has 22 heavy (non-hydrogen) atoms. The van der Waals surface area contributed by atoms with Gasteiger partial charge in [0.2, 0.25) is 0 Å². The summed E-state index contributed by atoms with van der Waals surface area (Å²) in [6, 6.07) is 17.7. The molecule has 114 valence electrons. The van der Waals surface area contributed by atoms with E-state index in [1.807, 2.05) is 54.6 Å². The van der Waals surface area contributed by atoms with Gasteiger partial charge in [-0.1, -0.05) is 0 Å². The Kier molecular flexibility index (Phi) is 4.93. The Morgan fingerprint density at radius 3 is 2.55 bits per heavy atom. The molecule has 1 aromatic heterocycles. The molecule has 0 spiro atoms.